The second kappa shape index (κ2) is 10.9. The van der Waals surface area contributed by atoms with Gasteiger partial charge >= 0.3 is 5.97 Å². The molecule has 3 nitrogen and oxygen atoms in total. The Morgan fingerprint density at radius 3 is 1.50 bits per heavy atom. The summed E-state index contributed by atoms with van der Waals surface area (Å²) in [6.45, 7) is 14.5. The molecule has 1 N–H and O–H groups in total. The molecule has 1 saturated heterocycles. The first kappa shape index (κ1) is 17.8. The minimum atomic E-state index is -0.741. The van der Waals surface area contributed by atoms with Gasteiger partial charge in [0.05, 0.1) is 5.92 Å². The first-order chi connectivity index (χ1) is 7.45. The van der Waals surface area contributed by atoms with Crippen molar-refractivity contribution in [2.75, 3.05) is 13.1 Å². The van der Waals surface area contributed by atoms with Crippen molar-refractivity contribution in [3.05, 3.63) is 0 Å². The highest BCUT2D eigenvalue weighted by molar-refractivity contribution is 5.68. The summed E-state index contributed by atoms with van der Waals surface area (Å²) in [5, 5.41) is 7.99. The number of rotatable bonds is 2. The SMILES string of the molecule is CC.CC(C)C(=O)O.CC(C)N1CCCC1. The van der Waals surface area contributed by atoms with E-state index in [0.29, 0.717) is 0 Å². The molecule has 16 heavy (non-hydrogen) atoms. The van der Waals surface area contributed by atoms with Gasteiger partial charge in [0.1, 0.15) is 0 Å². The Morgan fingerprint density at radius 1 is 1.06 bits per heavy atom. The summed E-state index contributed by atoms with van der Waals surface area (Å²) < 4.78 is 0. The summed E-state index contributed by atoms with van der Waals surface area (Å²) in [4.78, 5) is 12.2. The molecule has 1 fully saturated rings. The molecule has 0 atom stereocenters. The van der Waals surface area contributed by atoms with Crippen molar-refractivity contribution in [2.45, 2.75) is 60.4 Å². The van der Waals surface area contributed by atoms with E-state index in [9.17, 15) is 4.79 Å². The van der Waals surface area contributed by atoms with Crippen LogP contribution in [0.15, 0.2) is 0 Å². The van der Waals surface area contributed by atoms with Crippen LogP contribution in [0.2, 0.25) is 0 Å². The average molecular weight is 231 g/mol. The van der Waals surface area contributed by atoms with Gasteiger partial charge in [0.25, 0.3) is 0 Å². The number of carboxylic acids is 1. The number of hydrogen-bond acceptors (Lipinski definition) is 2. The standard InChI is InChI=1S/C7H15N.C4H8O2.C2H6/c1-7(2)8-5-3-4-6-8;1-3(2)4(5)6;1-2/h7H,3-6H2,1-2H3;3H,1-2H3,(H,5,6);1-2H3. The Hall–Kier alpha value is -0.570. The number of hydrogen-bond donors (Lipinski definition) is 1. The van der Waals surface area contributed by atoms with Crippen LogP contribution < -0.4 is 0 Å². The van der Waals surface area contributed by atoms with Crippen molar-refractivity contribution in [3.8, 4) is 0 Å². The maximum Gasteiger partial charge on any atom is 0.305 e. The molecular formula is C13H29NO2. The number of aliphatic carboxylic acids is 1. The number of nitrogens with zero attached hydrogens (tertiary/aromatic N) is 1. The molecule has 0 aliphatic carbocycles. The summed E-state index contributed by atoms with van der Waals surface area (Å²) >= 11 is 0. The fraction of sp³-hybridized carbons (Fsp3) is 0.923. The molecule has 98 valence electrons. The van der Waals surface area contributed by atoms with Crippen LogP contribution in [0.3, 0.4) is 0 Å². The van der Waals surface area contributed by atoms with Crippen LogP contribution in [0.5, 0.6) is 0 Å². The average Bonchev–Trinajstić information content (AvgIpc) is 2.74. The van der Waals surface area contributed by atoms with Gasteiger partial charge in [-0.25, -0.2) is 0 Å². The van der Waals surface area contributed by atoms with Gasteiger partial charge in [0.2, 0.25) is 0 Å². The van der Waals surface area contributed by atoms with Crippen LogP contribution in [-0.2, 0) is 4.79 Å². The predicted octanol–water partition coefficient (Wildman–Crippen LogP) is 3.24. The maximum atomic E-state index is 9.70. The lowest BCUT2D eigenvalue weighted by atomic mass is 10.2. The van der Waals surface area contributed by atoms with E-state index in [1.807, 2.05) is 13.8 Å². The second-order valence-electron chi connectivity index (χ2n) is 4.33. The molecule has 0 aromatic carbocycles. The van der Waals surface area contributed by atoms with Gasteiger partial charge in [-0.2, -0.15) is 0 Å². The first-order valence-electron chi connectivity index (χ1n) is 6.42. The molecule has 1 aliphatic heterocycles. The molecule has 0 aromatic rings. The van der Waals surface area contributed by atoms with Gasteiger partial charge in [0.15, 0.2) is 0 Å². The zero-order valence-corrected chi connectivity index (χ0v) is 11.8. The lowest BCUT2D eigenvalue weighted by Gasteiger charge is -2.18. The minimum Gasteiger partial charge on any atom is -0.481 e. The fourth-order valence-electron chi connectivity index (χ4n) is 1.26. The Labute approximate surface area is 101 Å². The Kier molecular flexibility index (Phi) is 12.2. The smallest absolute Gasteiger partial charge is 0.305 e. The molecule has 0 saturated carbocycles. The van der Waals surface area contributed by atoms with Crippen molar-refractivity contribution in [1.82, 2.24) is 4.90 Å². The van der Waals surface area contributed by atoms with E-state index in [0.717, 1.165) is 6.04 Å². The fourth-order valence-corrected chi connectivity index (χ4v) is 1.26. The molecule has 1 rings (SSSR count). The van der Waals surface area contributed by atoms with E-state index in [1.54, 1.807) is 13.8 Å². The Balaban J connectivity index is 0. The summed E-state index contributed by atoms with van der Waals surface area (Å²) in [5.74, 6) is -0.972. The monoisotopic (exact) mass is 231 g/mol. The van der Waals surface area contributed by atoms with Gasteiger partial charge in [-0.3, -0.25) is 4.79 Å². The number of carboxylic acid groups (broad SMARTS) is 1. The van der Waals surface area contributed by atoms with Gasteiger partial charge in [0, 0.05) is 6.04 Å². The van der Waals surface area contributed by atoms with Crippen LogP contribution in [0.25, 0.3) is 0 Å². The maximum absolute atomic E-state index is 9.70. The van der Waals surface area contributed by atoms with E-state index < -0.39 is 5.97 Å². The van der Waals surface area contributed by atoms with E-state index >= 15 is 0 Å². The molecule has 0 amide bonds. The van der Waals surface area contributed by atoms with Gasteiger partial charge in [-0.1, -0.05) is 27.7 Å². The second-order valence-corrected chi connectivity index (χ2v) is 4.33. The number of likely N-dealkylation sites (tertiary alicyclic amines) is 1. The van der Waals surface area contributed by atoms with E-state index in [2.05, 4.69) is 18.7 Å². The summed E-state index contributed by atoms with van der Waals surface area (Å²) in [6, 6.07) is 0.775. The van der Waals surface area contributed by atoms with E-state index in [4.69, 9.17) is 5.11 Å². The lowest BCUT2D eigenvalue weighted by Crippen LogP contribution is -2.26. The van der Waals surface area contributed by atoms with E-state index in [-0.39, 0.29) is 5.92 Å². The zero-order chi connectivity index (χ0) is 13.1. The highest BCUT2D eigenvalue weighted by Gasteiger charge is 2.13. The largest absolute Gasteiger partial charge is 0.481 e. The number of carbonyl (C=O) groups is 1. The van der Waals surface area contributed by atoms with Crippen LogP contribution >= 0.6 is 0 Å². The van der Waals surface area contributed by atoms with Gasteiger partial charge < -0.3 is 10.0 Å². The Bertz CT molecular complexity index is 161. The van der Waals surface area contributed by atoms with Crippen LogP contribution in [0.1, 0.15) is 54.4 Å². The van der Waals surface area contributed by atoms with Crippen molar-refractivity contribution in [1.29, 1.82) is 0 Å². The van der Waals surface area contributed by atoms with E-state index in [1.165, 1.54) is 25.9 Å². The van der Waals surface area contributed by atoms with Crippen molar-refractivity contribution in [3.63, 3.8) is 0 Å². The molecule has 1 aliphatic rings. The predicted molar refractivity (Wildman–Crippen MR) is 69.8 cm³/mol. The van der Waals surface area contributed by atoms with Crippen molar-refractivity contribution in [2.24, 2.45) is 5.92 Å². The van der Waals surface area contributed by atoms with Crippen molar-refractivity contribution < 1.29 is 9.90 Å². The quantitative estimate of drug-likeness (QED) is 0.793. The molecule has 0 bridgehead atoms. The topological polar surface area (TPSA) is 40.5 Å². The molecule has 0 radical (unpaired) electrons. The molecular weight excluding hydrogens is 202 g/mol. The Morgan fingerprint density at radius 2 is 1.38 bits per heavy atom. The molecule has 0 unspecified atom stereocenters. The van der Waals surface area contributed by atoms with Gasteiger partial charge in [-0.15, -0.1) is 0 Å². The first-order valence-corrected chi connectivity index (χ1v) is 6.42. The highest BCUT2D eigenvalue weighted by Crippen LogP contribution is 2.09. The third-order valence-corrected chi connectivity index (χ3v) is 2.36. The summed E-state index contributed by atoms with van der Waals surface area (Å²) in [5.41, 5.74) is 0. The van der Waals surface area contributed by atoms with Crippen molar-refractivity contribution >= 4 is 5.97 Å². The summed E-state index contributed by atoms with van der Waals surface area (Å²) in [6.07, 6.45) is 2.83. The van der Waals surface area contributed by atoms with Gasteiger partial charge in [-0.05, 0) is 39.8 Å². The third-order valence-electron chi connectivity index (χ3n) is 2.36. The lowest BCUT2D eigenvalue weighted by molar-refractivity contribution is -0.140. The normalized spacial score (nSPS) is 15.2. The molecule has 3 heteroatoms. The summed E-state index contributed by atoms with van der Waals surface area (Å²) in [7, 11) is 0. The van der Waals surface area contributed by atoms with Crippen LogP contribution in [0, 0.1) is 5.92 Å². The molecule has 1 heterocycles. The molecule has 0 aromatic heterocycles. The molecule has 0 spiro atoms. The minimum absolute atomic E-state index is 0.231. The van der Waals surface area contributed by atoms with Crippen LogP contribution in [-0.4, -0.2) is 35.1 Å². The zero-order valence-electron chi connectivity index (χ0n) is 11.8. The highest BCUT2D eigenvalue weighted by atomic mass is 16.4. The van der Waals surface area contributed by atoms with Crippen LogP contribution in [0.4, 0.5) is 0 Å². The third kappa shape index (κ3) is 9.97.